The fourth-order valence-corrected chi connectivity index (χ4v) is 2.45. The summed E-state index contributed by atoms with van der Waals surface area (Å²) < 4.78 is 6.75. The third-order valence-electron chi connectivity index (χ3n) is 3.83. The molecule has 8 nitrogen and oxygen atoms in total. The van der Waals surface area contributed by atoms with Gasteiger partial charge < -0.3 is 20.3 Å². The number of carbonyl (C=O) groups excluding carboxylic acids is 2. The van der Waals surface area contributed by atoms with E-state index >= 15 is 0 Å². The zero-order valence-electron chi connectivity index (χ0n) is 14.0. The lowest BCUT2D eigenvalue weighted by Gasteiger charge is -2.26. The van der Waals surface area contributed by atoms with Gasteiger partial charge in [0.05, 0.1) is 25.1 Å². The first-order valence-electron chi connectivity index (χ1n) is 8.18. The molecule has 3 amide bonds. The molecule has 24 heavy (non-hydrogen) atoms. The molecule has 1 aromatic rings. The minimum Gasteiger partial charge on any atom is -0.378 e. The molecule has 0 spiro atoms. The molecule has 2 heterocycles. The van der Waals surface area contributed by atoms with Gasteiger partial charge in [0.2, 0.25) is 5.91 Å². The van der Waals surface area contributed by atoms with Gasteiger partial charge in [-0.1, -0.05) is 13.0 Å². The lowest BCUT2D eigenvalue weighted by atomic mass is 10.1. The Morgan fingerprint density at radius 1 is 1.46 bits per heavy atom. The van der Waals surface area contributed by atoms with Gasteiger partial charge in [-0.15, -0.1) is 6.58 Å². The lowest BCUT2D eigenvalue weighted by molar-refractivity contribution is -0.136. The average molecular weight is 335 g/mol. The van der Waals surface area contributed by atoms with Gasteiger partial charge in [-0.3, -0.25) is 9.48 Å². The summed E-state index contributed by atoms with van der Waals surface area (Å²) in [4.78, 5) is 25.9. The second kappa shape index (κ2) is 9.07. The molecule has 0 aromatic carbocycles. The van der Waals surface area contributed by atoms with Crippen LogP contribution in [0, 0.1) is 0 Å². The Kier molecular flexibility index (Phi) is 6.80. The summed E-state index contributed by atoms with van der Waals surface area (Å²) in [5.41, 5.74) is 0.552. The Labute approximate surface area is 141 Å². The fourth-order valence-electron chi connectivity index (χ4n) is 2.45. The molecule has 0 bridgehead atoms. The van der Waals surface area contributed by atoms with Crippen molar-refractivity contribution in [2.24, 2.45) is 0 Å². The molecule has 1 fully saturated rings. The SMILES string of the molecule is C=CC[C@@H](CC)NC(=O)Nc1cnn(CC(=O)N2CCOCC2)c1. The number of carbonyl (C=O) groups is 2. The third kappa shape index (κ3) is 5.38. The monoisotopic (exact) mass is 335 g/mol. The van der Waals surface area contributed by atoms with Gasteiger partial charge in [-0.2, -0.15) is 5.10 Å². The van der Waals surface area contributed by atoms with Crippen molar-refractivity contribution < 1.29 is 14.3 Å². The highest BCUT2D eigenvalue weighted by Gasteiger charge is 2.17. The Morgan fingerprint density at radius 2 is 2.21 bits per heavy atom. The largest absolute Gasteiger partial charge is 0.378 e. The molecule has 0 unspecified atom stereocenters. The highest BCUT2D eigenvalue weighted by Crippen LogP contribution is 2.07. The zero-order valence-corrected chi connectivity index (χ0v) is 14.0. The van der Waals surface area contributed by atoms with E-state index in [2.05, 4.69) is 22.3 Å². The first kappa shape index (κ1) is 18.0. The molecular weight excluding hydrogens is 310 g/mol. The van der Waals surface area contributed by atoms with E-state index < -0.39 is 0 Å². The molecule has 0 aliphatic carbocycles. The maximum atomic E-state index is 12.2. The summed E-state index contributed by atoms with van der Waals surface area (Å²) in [6.07, 6.45) is 6.50. The van der Waals surface area contributed by atoms with Gasteiger partial charge in [0.15, 0.2) is 0 Å². The Balaban J connectivity index is 1.82. The molecule has 0 radical (unpaired) electrons. The van der Waals surface area contributed by atoms with Crippen molar-refractivity contribution in [3.05, 3.63) is 25.0 Å². The quantitative estimate of drug-likeness (QED) is 0.733. The lowest BCUT2D eigenvalue weighted by Crippen LogP contribution is -2.42. The molecule has 2 N–H and O–H groups in total. The number of ether oxygens (including phenoxy) is 1. The number of hydrogen-bond acceptors (Lipinski definition) is 4. The van der Waals surface area contributed by atoms with Crippen LogP contribution in [0.3, 0.4) is 0 Å². The van der Waals surface area contributed by atoms with Crippen molar-refractivity contribution in [1.29, 1.82) is 0 Å². The molecule has 2 rings (SSSR count). The summed E-state index contributed by atoms with van der Waals surface area (Å²) >= 11 is 0. The number of hydrogen-bond donors (Lipinski definition) is 2. The smallest absolute Gasteiger partial charge is 0.319 e. The van der Waals surface area contributed by atoms with Crippen LogP contribution < -0.4 is 10.6 Å². The van der Waals surface area contributed by atoms with Crippen LogP contribution in [0.1, 0.15) is 19.8 Å². The van der Waals surface area contributed by atoms with Crippen molar-refractivity contribution in [1.82, 2.24) is 20.0 Å². The summed E-state index contributed by atoms with van der Waals surface area (Å²) in [6.45, 7) is 8.19. The number of amides is 3. The number of anilines is 1. The number of nitrogens with zero attached hydrogens (tertiary/aromatic N) is 3. The van der Waals surface area contributed by atoms with Crippen LogP contribution in [0.25, 0.3) is 0 Å². The molecule has 1 atom stereocenters. The number of nitrogens with one attached hydrogen (secondary N) is 2. The normalized spacial score (nSPS) is 15.6. The molecule has 1 saturated heterocycles. The zero-order chi connectivity index (χ0) is 17.4. The Hall–Kier alpha value is -2.35. The van der Waals surface area contributed by atoms with Gasteiger partial charge in [0.1, 0.15) is 6.54 Å². The summed E-state index contributed by atoms with van der Waals surface area (Å²) in [6, 6.07) is -0.233. The van der Waals surface area contributed by atoms with E-state index in [4.69, 9.17) is 4.74 Å². The first-order chi connectivity index (χ1) is 11.6. The van der Waals surface area contributed by atoms with Crippen LogP contribution in [0.4, 0.5) is 10.5 Å². The second-order valence-corrected chi connectivity index (χ2v) is 5.65. The van der Waals surface area contributed by atoms with Gasteiger partial charge in [0.25, 0.3) is 0 Å². The standard InChI is InChI=1S/C16H25N5O3/c1-3-5-13(4-2)18-16(23)19-14-10-17-21(11-14)12-15(22)20-6-8-24-9-7-20/h3,10-11,13H,1,4-9,12H2,2H3,(H2,18,19,23)/t13-/m1/s1. The molecule has 0 saturated carbocycles. The van der Waals surface area contributed by atoms with E-state index in [1.54, 1.807) is 17.2 Å². The van der Waals surface area contributed by atoms with Crippen LogP contribution in [0.5, 0.6) is 0 Å². The molecule has 132 valence electrons. The number of aromatic nitrogens is 2. The number of morpholine rings is 1. The average Bonchev–Trinajstić information content (AvgIpc) is 3.01. The van der Waals surface area contributed by atoms with E-state index in [0.717, 1.165) is 12.8 Å². The number of urea groups is 1. The highest BCUT2D eigenvalue weighted by molar-refractivity contribution is 5.89. The maximum absolute atomic E-state index is 12.2. The Morgan fingerprint density at radius 3 is 2.88 bits per heavy atom. The summed E-state index contributed by atoms with van der Waals surface area (Å²) in [7, 11) is 0. The van der Waals surface area contributed by atoms with Crippen molar-refractivity contribution in [2.45, 2.75) is 32.4 Å². The maximum Gasteiger partial charge on any atom is 0.319 e. The molecule has 8 heteroatoms. The summed E-state index contributed by atoms with van der Waals surface area (Å²) in [5.74, 6) is -0.00516. The predicted molar refractivity (Wildman–Crippen MR) is 90.7 cm³/mol. The van der Waals surface area contributed by atoms with Crippen LogP contribution in [-0.2, 0) is 16.1 Å². The van der Waals surface area contributed by atoms with Gasteiger partial charge in [-0.05, 0) is 12.8 Å². The van der Waals surface area contributed by atoms with Crippen molar-refractivity contribution in [3.63, 3.8) is 0 Å². The third-order valence-corrected chi connectivity index (χ3v) is 3.83. The minimum absolute atomic E-state index is 0.00516. The molecular formula is C16H25N5O3. The van der Waals surface area contributed by atoms with E-state index in [1.165, 1.54) is 10.9 Å². The van der Waals surface area contributed by atoms with Crippen LogP contribution in [0.2, 0.25) is 0 Å². The van der Waals surface area contributed by atoms with Crippen LogP contribution >= 0.6 is 0 Å². The molecule has 1 aromatic heterocycles. The van der Waals surface area contributed by atoms with Gasteiger partial charge in [-0.25, -0.2) is 4.79 Å². The molecule has 1 aliphatic heterocycles. The van der Waals surface area contributed by atoms with E-state index in [1.807, 2.05) is 6.92 Å². The van der Waals surface area contributed by atoms with Crippen molar-refractivity contribution >= 4 is 17.6 Å². The van der Waals surface area contributed by atoms with Crippen LogP contribution in [-0.4, -0.2) is 59.0 Å². The van der Waals surface area contributed by atoms with Crippen molar-refractivity contribution in [2.75, 3.05) is 31.6 Å². The first-order valence-corrected chi connectivity index (χ1v) is 8.18. The van der Waals surface area contributed by atoms with E-state index in [0.29, 0.717) is 32.0 Å². The highest BCUT2D eigenvalue weighted by atomic mass is 16.5. The summed E-state index contributed by atoms with van der Waals surface area (Å²) in [5, 5.41) is 9.72. The molecule has 1 aliphatic rings. The van der Waals surface area contributed by atoms with Gasteiger partial charge >= 0.3 is 6.03 Å². The van der Waals surface area contributed by atoms with Crippen LogP contribution in [0.15, 0.2) is 25.0 Å². The van der Waals surface area contributed by atoms with E-state index in [-0.39, 0.29) is 24.5 Å². The van der Waals surface area contributed by atoms with E-state index in [9.17, 15) is 9.59 Å². The fraction of sp³-hybridized carbons (Fsp3) is 0.562. The predicted octanol–water partition coefficient (Wildman–Crippen LogP) is 1.22. The van der Waals surface area contributed by atoms with Gasteiger partial charge in [0, 0.05) is 25.3 Å². The second-order valence-electron chi connectivity index (χ2n) is 5.65. The Bertz CT molecular complexity index is 566. The minimum atomic E-state index is -0.289. The number of rotatable bonds is 7. The topological polar surface area (TPSA) is 88.5 Å². The van der Waals surface area contributed by atoms with Crippen molar-refractivity contribution in [3.8, 4) is 0 Å².